The van der Waals surface area contributed by atoms with Gasteiger partial charge in [0.15, 0.2) is 0 Å². The summed E-state index contributed by atoms with van der Waals surface area (Å²) in [7, 11) is 0. The maximum Gasteiger partial charge on any atom is 0.416 e. The second-order valence-corrected chi connectivity index (χ2v) is 3.66. The summed E-state index contributed by atoms with van der Waals surface area (Å²) in [6.07, 6.45) is -4.31. The van der Waals surface area contributed by atoms with Crippen molar-refractivity contribution in [3.05, 3.63) is 29.8 Å². The first-order valence-electron chi connectivity index (χ1n) is 3.57. The average molecular weight is 237 g/mol. The third kappa shape index (κ3) is 3.19. The molecule has 0 aliphatic carbocycles. The fraction of sp³-hybridized carbons (Fsp3) is 0.125. The summed E-state index contributed by atoms with van der Waals surface area (Å²) in [6, 6.07) is 4.56. The molecular formula is C8H6F3NS2. The minimum Gasteiger partial charge on any atom is -0.341 e. The molecule has 0 amide bonds. The van der Waals surface area contributed by atoms with Gasteiger partial charge in [-0.2, -0.15) is 13.2 Å². The molecule has 0 fully saturated rings. The Labute approximate surface area is 89.7 Å². The molecule has 76 valence electrons. The Balaban J connectivity index is 2.84. The van der Waals surface area contributed by atoms with Crippen LogP contribution in [0.4, 0.5) is 18.9 Å². The van der Waals surface area contributed by atoms with E-state index in [1.54, 1.807) is 0 Å². The fourth-order valence-electron chi connectivity index (χ4n) is 0.866. The molecule has 0 bridgehead atoms. The van der Waals surface area contributed by atoms with E-state index >= 15 is 0 Å². The summed E-state index contributed by atoms with van der Waals surface area (Å²) < 4.78 is 36.6. The monoisotopic (exact) mass is 237 g/mol. The van der Waals surface area contributed by atoms with Crippen LogP contribution in [-0.2, 0) is 6.18 Å². The minimum absolute atomic E-state index is 0.213. The normalized spacial score (nSPS) is 11.1. The van der Waals surface area contributed by atoms with Crippen LogP contribution in [0.1, 0.15) is 5.56 Å². The maximum absolute atomic E-state index is 12.1. The molecule has 0 heterocycles. The number of thiocarbonyl (C=S) groups is 1. The zero-order chi connectivity index (χ0) is 10.8. The Bertz CT molecular complexity index is 331. The molecule has 6 heteroatoms. The van der Waals surface area contributed by atoms with Crippen molar-refractivity contribution >= 4 is 34.9 Å². The zero-order valence-corrected chi connectivity index (χ0v) is 8.51. The van der Waals surface area contributed by atoms with Crippen LogP contribution in [0, 0.1) is 0 Å². The predicted octanol–water partition coefficient (Wildman–Crippen LogP) is 3.33. The number of alkyl halides is 3. The van der Waals surface area contributed by atoms with Gasteiger partial charge < -0.3 is 5.32 Å². The molecule has 0 atom stereocenters. The number of halogens is 3. The first-order chi connectivity index (χ1) is 6.39. The highest BCUT2D eigenvalue weighted by Crippen LogP contribution is 2.29. The lowest BCUT2D eigenvalue weighted by molar-refractivity contribution is -0.137. The predicted molar refractivity (Wildman–Crippen MR) is 56.7 cm³/mol. The van der Waals surface area contributed by atoms with Gasteiger partial charge in [-0.05, 0) is 24.3 Å². The van der Waals surface area contributed by atoms with Gasteiger partial charge in [0.1, 0.15) is 4.32 Å². The van der Waals surface area contributed by atoms with Crippen LogP contribution in [0.3, 0.4) is 0 Å². The van der Waals surface area contributed by atoms with Gasteiger partial charge in [-0.1, -0.05) is 12.2 Å². The number of hydrogen-bond acceptors (Lipinski definition) is 1. The van der Waals surface area contributed by atoms with E-state index in [2.05, 4.69) is 30.2 Å². The number of benzene rings is 1. The second-order valence-electron chi connectivity index (χ2n) is 2.51. The molecule has 0 radical (unpaired) electrons. The lowest BCUT2D eigenvalue weighted by atomic mass is 10.2. The van der Waals surface area contributed by atoms with E-state index in [4.69, 9.17) is 0 Å². The number of thiol groups is 1. The van der Waals surface area contributed by atoms with Gasteiger partial charge in [-0.3, -0.25) is 0 Å². The Morgan fingerprint density at radius 2 is 1.71 bits per heavy atom. The molecule has 0 spiro atoms. The van der Waals surface area contributed by atoms with E-state index < -0.39 is 11.7 Å². The molecule has 0 saturated heterocycles. The quantitative estimate of drug-likeness (QED) is 0.574. The standard InChI is InChI=1S/C8H6F3NS2/c9-8(10,11)5-1-3-6(4-2-5)12-7(13)14/h1-4H,(H2,12,13,14). The molecule has 1 aromatic carbocycles. The minimum atomic E-state index is -4.31. The van der Waals surface area contributed by atoms with Gasteiger partial charge in [-0.25, -0.2) is 0 Å². The van der Waals surface area contributed by atoms with E-state index in [9.17, 15) is 13.2 Å². The van der Waals surface area contributed by atoms with Crippen LogP contribution >= 0.6 is 24.8 Å². The van der Waals surface area contributed by atoms with Crippen molar-refractivity contribution in [2.24, 2.45) is 0 Å². The summed E-state index contributed by atoms with van der Waals surface area (Å²) in [4.78, 5) is 0. The number of nitrogens with one attached hydrogen (secondary N) is 1. The second kappa shape index (κ2) is 4.18. The van der Waals surface area contributed by atoms with Gasteiger partial charge in [0.2, 0.25) is 0 Å². The molecule has 1 rings (SSSR count). The van der Waals surface area contributed by atoms with Crippen molar-refractivity contribution in [1.82, 2.24) is 0 Å². The van der Waals surface area contributed by atoms with Gasteiger partial charge in [0, 0.05) is 5.69 Å². The molecule has 1 nitrogen and oxygen atoms in total. The Hall–Kier alpha value is -0.750. The molecule has 1 aromatic rings. The largest absolute Gasteiger partial charge is 0.416 e. The van der Waals surface area contributed by atoms with E-state index in [1.165, 1.54) is 12.1 Å². The average Bonchev–Trinajstić information content (AvgIpc) is 2.02. The Morgan fingerprint density at radius 1 is 1.21 bits per heavy atom. The van der Waals surface area contributed by atoms with Crippen LogP contribution in [-0.4, -0.2) is 4.32 Å². The van der Waals surface area contributed by atoms with Crippen LogP contribution in [0.15, 0.2) is 24.3 Å². The Morgan fingerprint density at radius 3 is 2.07 bits per heavy atom. The van der Waals surface area contributed by atoms with Crippen LogP contribution in [0.25, 0.3) is 0 Å². The molecule has 1 N–H and O–H groups in total. The summed E-state index contributed by atoms with van der Waals surface area (Å²) in [5, 5.41) is 2.61. The first-order valence-corrected chi connectivity index (χ1v) is 4.42. The van der Waals surface area contributed by atoms with Crippen molar-refractivity contribution in [3.8, 4) is 0 Å². The maximum atomic E-state index is 12.1. The zero-order valence-electron chi connectivity index (χ0n) is 6.80. The number of rotatable bonds is 1. The molecule has 0 unspecified atom stereocenters. The van der Waals surface area contributed by atoms with E-state index in [1.807, 2.05) is 0 Å². The van der Waals surface area contributed by atoms with Gasteiger partial charge >= 0.3 is 6.18 Å². The topological polar surface area (TPSA) is 12.0 Å². The van der Waals surface area contributed by atoms with Crippen molar-refractivity contribution in [2.45, 2.75) is 6.18 Å². The molecule has 14 heavy (non-hydrogen) atoms. The highest BCUT2D eigenvalue weighted by molar-refractivity contribution is 8.11. The van der Waals surface area contributed by atoms with Gasteiger partial charge in [0.05, 0.1) is 5.56 Å². The lowest BCUT2D eigenvalue weighted by Crippen LogP contribution is -2.05. The highest BCUT2D eigenvalue weighted by Gasteiger charge is 2.29. The van der Waals surface area contributed by atoms with Crippen LogP contribution in [0.5, 0.6) is 0 Å². The highest BCUT2D eigenvalue weighted by atomic mass is 32.1. The molecule has 0 saturated carbocycles. The van der Waals surface area contributed by atoms with E-state index in [0.717, 1.165) is 12.1 Å². The molecule has 0 aromatic heterocycles. The van der Waals surface area contributed by atoms with Crippen molar-refractivity contribution in [3.63, 3.8) is 0 Å². The first kappa shape index (κ1) is 11.3. The third-order valence-corrected chi connectivity index (χ3v) is 1.68. The Kier molecular flexibility index (Phi) is 3.38. The van der Waals surface area contributed by atoms with E-state index in [0.29, 0.717) is 5.69 Å². The SMILES string of the molecule is FC(F)(F)c1ccc(NC(=S)S)cc1. The number of anilines is 1. The fourth-order valence-corrected chi connectivity index (χ4v) is 1.11. The summed E-state index contributed by atoms with van der Waals surface area (Å²) in [5.41, 5.74) is -0.203. The molecule has 0 aliphatic rings. The lowest BCUT2D eigenvalue weighted by Gasteiger charge is -2.07. The van der Waals surface area contributed by atoms with Gasteiger partial charge in [-0.15, -0.1) is 12.6 Å². The van der Waals surface area contributed by atoms with Crippen LogP contribution < -0.4 is 5.32 Å². The van der Waals surface area contributed by atoms with Gasteiger partial charge in [0.25, 0.3) is 0 Å². The van der Waals surface area contributed by atoms with Crippen molar-refractivity contribution < 1.29 is 13.2 Å². The summed E-state index contributed by atoms with van der Waals surface area (Å²) >= 11 is 8.41. The third-order valence-electron chi connectivity index (χ3n) is 1.46. The smallest absolute Gasteiger partial charge is 0.341 e. The summed E-state index contributed by atoms with van der Waals surface area (Å²) in [6.45, 7) is 0. The summed E-state index contributed by atoms with van der Waals surface area (Å²) in [5.74, 6) is 0. The van der Waals surface area contributed by atoms with Crippen molar-refractivity contribution in [1.29, 1.82) is 0 Å². The van der Waals surface area contributed by atoms with Crippen LogP contribution in [0.2, 0.25) is 0 Å². The molecular weight excluding hydrogens is 231 g/mol. The number of hydrogen-bond donors (Lipinski definition) is 2. The van der Waals surface area contributed by atoms with E-state index in [-0.39, 0.29) is 4.32 Å². The van der Waals surface area contributed by atoms with Crippen molar-refractivity contribution in [2.75, 3.05) is 5.32 Å². The molecule has 0 aliphatic heterocycles.